The topological polar surface area (TPSA) is 43.4 Å². The van der Waals surface area contributed by atoms with Crippen LogP contribution in [0.5, 0.6) is 5.75 Å². The Hall–Kier alpha value is -1.33. The maximum Gasteiger partial charge on any atom is 0.340 e. The molecule has 0 atom stereocenters. The first-order valence-corrected chi connectivity index (χ1v) is 7.86. The van der Waals surface area contributed by atoms with E-state index in [9.17, 15) is 8.42 Å². The van der Waals surface area contributed by atoms with Crippen molar-refractivity contribution in [1.82, 2.24) is 0 Å². The van der Waals surface area contributed by atoms with E-state index in [1.807, 2.05) is 26.0 Å². The maximum absolute atomic E-state index is 12.2. The van der Waals surface area contributed by atoms with E-state index in [0.29, 0.717) is 10.2 Å². The second kappa shape index (κ2) is 5.35. The van der Waals surface area contributed by atoms with Crippen LogP contribution in [0.25, 0.3) is 0 Å². The van der Waals surface area contributed by atoms with E-state index >= 15 is 0 Å². The number of hydrogen-bond donors (Lipinski definition) is 0. The zero-order chi connectivity index (χ0) is 14.0. The molecule has 0 saturated carbocycles. The van der Waals surface area contributed by atoms with E-state index in [1.165, 1.54) is 6.07 Å². The summed E-state index contributed by atoms with van der Waals surface area (Å²) in [6, 6.07) is 11.9. The summed E-state index contributed by atoms with van der Waals surface area (Å²) >= 11 is 3.22. The summed E-state index contributed by atoms with van der Waals surface area (Å²) < 4.78 is 30.1. The van der Waals surface area contributed by atoms with Crippen LogP contribution in [-0.2, 0) is 10.1 Å². The van der Waals surface area contributed by atoms with E-state index in [-0.39, 0.29) is 4.90 Å². The fourth-order valence-electron chi connectivity index (χ4n) is 1.70. The van der Waals surface area contributed by atoms with E-state index in [4.69, 9.17) is 4.18 Å². The summed E-state index contributed by atoms with van der Waals surface area (Å²) in [6.07, 6.45) is 0. The lowest BCUT2D eigenvalue weighted by molar-refractivity contribution is 0.483. The minimum atomic E-state index is -3.83. The Kier molecular flexibility index (Phi) is 3.96. The van der Waals surface area contributed by atoms with E-state index in [0.717, 1.165) is 11.1 Å². The number of hydrogen-bond acceptors (Lipinski definition) is 3. The van der Waals surface area contributed by atoms with Gasteiger partial charge >= 0.3 is 10.1 Å². The molecule has 3 nitrogen and oxygen atoms in total. The molecule has 0 aliphatic heterocycles. The van der Waals surface area contributed by atoms with Crippen molar-refractivity contribution in [3.8, 4) is 5.75 Å². The van der Waals surface area contributed by atoms with E-state index < -0.39 is 10.1 Å². The first-order chi connectivity index (χ1) is 8.90. The SMILES string of the molecule is Cc1ccc(OS(=O)(=O)c2ccccc2Br)c(C)c1. The van der Waals surface area contributed by atoms with Crippen LogP contribution < -0.4 is 4.18 Å². The highest BCUT2D eigenvalue weighted by Gasteiger charge is 2.20. The summed E-state index contributed by atoms with van der Waals surface area (Å²) in [5.41, 5.74) is 1.85. The summed E-state index contributed by atoms with van der Waals surface area (Å²) in [5.74, 6) is 0.348. The van der Waals surface area contributed by atoms with Crippen LogP contribution in [0.3, 0.4) is 0 Å². The zero-order valence-electron chi connectivity index (χ0n) is 10.6. The lowest BCUT2D eigenvalue weighted by Crippen LogP contribution is -2.11. The minimum Gasteiger partial charge on any atom is -0.379 e. The third-order valence-corrected chi connectivity index (χ3v) is 4.88. The van der Waals surface area contributed by atoms with Gasteiger partial charge in [0.2, 0.25) is 0 Å². The van der Waals surface area contributed by atoms with Crippen LogP contribution >= 0.6 is 15.9 Å². The lowest BCUT2D eigenvalue weighted by Gasteiger charge is -2.10. The molecule has 0 unspecified atom stereocenters. The highest BCUT2D eigenvalue weighted by atomic mass is 79.9. The summed E-state index contributed by atoms with van der Waals surface area (Å²) in [6.45, 7) is 3.76. The molecule has 0 amide bonds. The third-order valence-electron chi connectivity index (χ3n) is 2.64. The maximum atomic E-state index is 12.2. The molecular weight excluding hydrogens is 328 g/mol. The predicted octanol–water partition coefficient (Wildman–Crippen LogP) is 3.83. The van der Waals surface area contributed by atoms with Crippen molar-refractivity contribution in [1.29, 1.82) is 0 Å². The van der Waals surface area contributed by atoms with Crippen LogP contribution in [0.4, 0.5) is 0 Å². The summed E-state index contributed by atoms with van der Waals surface area (Å²) in [4.78, 5) is 0.120. The van der Waals surface area contributed by atoms with Gasteiger partial charge in [-0.05, 0) is 53.5 Å². The molecule has 0 N–H and O–H groups in total. The molecule has 2 aromatic rings. The van der Waals surface area contributed by atoms with Gasteiger partial charge < -0.3 is 4.18 Å². The smallest absolute Gasteiger partial charge is 0.340 e. The van der Waals surface area contributed by atoms with Crippen molar-refractivity contribution in [2.75, 3.05) is 0 Å². The van der Waals surface area contributed by atoms with Crippen LogP contribution in [-0.4, -0.2) is 8.42 Å². The number of halogens is 1. The quantitative estimate of drug-likeness (QED) is 0.797. The molecule has 0 saturated heterocycles. The number of aryl methyl sites for hydroxylation is 2. The Balaban J connectivity index is 2.40. The molecule has 0 bridgehead atoms. The van der Waals surface area contributed by atoms with Crippen molar-refractivity contribution in [3.63, 3.8) is 0 Å². The Morgan fingerprint density at radius 3 is 2.37 bits per heavy atom. The molecule has 0 fully saturated rings. The van der Waals surface area contributed by atoms with E-state index in [1.54, 1.807) is 24.3 Å². The van der Waals surface area contributed by atoms with Gasteiger partial charge in [0.15, 0.2) is 0 Å². The van der Waals surface area contributed by atoms with Gasteiger partial charge in [0.1, 0.15) is 10.6 Å². The van der Waals surface area contributed by atoms with Crippen molar-refractivity contribution in [2.45, 2.75) is 18.7 Å². The van der Waals surface area contributed by atoms with Gasteiger partial charge in [-0.2, -0.15) is 8.42 Å². The normalized spacial score (nSPS) is 11.3. The number of benzene rings is 2. The Labute approximate surface area is 121 Å². The fraction of sp³-hybridized carbons (Fsp3) is 0.143. The van der Waals surface area contributed by atoms with Gasteiger partial charge in [0, 0.05) is 4.47 Å². The largest absolute Gasteiger partial charge is 0.379 e. The summed E-state index contributed by atoms with van der Waals surface area (Å²) in [7, 11) is -3.83. The Morgan fingerprint density at radius 1 is 1.05 bits per heavy atom. The van der Waals surface area contributed by atoms with Crippen molar-refractivity contribution in [3.05, 3.63) is 58.1 Å². The molecule has 0 radical (unpaired) electrons. The number of rotatable bonds is 3. The third kappa shape index (κ3) is 3.16. The monoisotopic (exact) mass is 340 g/mol. The van der Waals surface area contributed by atoms with Crippen LogP contribution in [0.1, 0.15) is 11.1 Å². The molecule has 0 spiro atoms. The minimum absolute atomic E-state index is 0.120. The van der Waals surface area contributed by atoms with Gasteiger partial charge in [-0.15, -0.1) is 0 Å². The molecule has 5 heteroatoms. The molecular formula is C14H13BrO3S. The van der Waals surface area contributed by atoms with Crippen molar-refractivity contribution >= 4 is 26.0 Å². The molecule has 2 aromatic carbocycles. The van der Waals surface area contributed by atoms with Crippen LogP contribution in [0, 0.1) is 13.8 Å². The summed E-state index contributed by atoms with van der Waals surface area (Å²) in [5, 5.41) is 0. The van der Waals surface area contributed by atoms with Crippen molar-refractivity contribution in [2.24, 2.45) is 0 Å². The second-order valence-corrected chi connectivity index (χ2v) is 6.61. The first kappa shape index (κ1) is 14.1. The van der Waals surface area contributed by atoms with E-state index in [2.05, 4.69) is 15.9 Å². The van der Waals surface area contributed by atoms with Crippen LogP contribution in [0.15, 0.2) is 51.8 Å². The molecule has 2 rings (SSSR count). The Bertz CT molecular complexity index is 708. The fourth-order valence-corrected chi connectivity index (χ4v) is 3.65. The van der Waals surface area contributed by atoms with Crippen LogP contribution in [0.2, 0.25) is 0 Å². The highest BCUT2D eigenvalue weighted by molar-refractivity contribution is 9.10. The molecule has 0 aliphatic carbocycles. The van der Waals surface area contributed by atoms with Gasteiger partial charge in [0.25, 0.3) is 0 Å². The molecule has 0 aliphatic rings. The highest BCUT2D eigenvalue weighted by Crippen LogP contribution is 2.27. The standard InChI is InChI=1S/C14H13BrO3S/c1-10-7-8-13(11(2)9-10)18-19(16,17)14-6-4-3-5-12(14)15/h3-9H,1-2H3. The molecule has 0 heterocycles. The molecule has 0 aromatic heterocycles. The Morgan fingerprint density at radius 2 is 1.74 bits per heavy atom. The molecule has 100 valence electrons. The average molecular weight is 341 g/mol. The lowest BCUT2D eigenvalue weighted by atomic mass is 10.1. The average Bonchev–Trinajstić information content (AvgIpc) is 2.33. The zero-order valence-corrected chi connectivity index (χ0v) is 13.0. The molecule has 19 heavy (non-hydrogen) atoms. The second-order valence-electron chi connectivity index (χ2n) is 4.24. The van der Waals surface area contributed by atoms with Crippen molar-refractivity contribution < 1.29 is 12.6 Å². The van der Waals surface area contributed by atoms with Gasteiger partial charge in [0.05, 0.1) is 0 Å². The van der Waals surface area contributed by atoms with Gasteiger partial charge in [-0.25, -0.2) is 0 Å². The first-order valence-electron chi connectivity index (χ1n) is 5.66. The predicted molar refractivity (Wildman–Crippen MR) is 77.9 cm³/mol. The van der Waals surface area contributed by atoms with Gasteiger partial charge in [-0.1, -0.05) is 29.8 Å². The van der Waals surface area contributed by atoms with Gasteiger partial charge in [-0.3, -0.25) is 0 Å².